The number of fused-ring (bicyclic) bond motifs is 1. The van der Waals surface area contributed by atoms with Crippen molar-refractivity contribution in [3.63, 3.8) is 0 Å². The third-order valence-corrected chi connectivity index (χ3v) is 8.28. The number of alkyl halides is 3. The van der Waals surface area contributed by atoms with Gasteiger partial charge in [0.1, 0.15) is 18.1 Å². The largest absolute Gasteiger partial charge is 0.534 e. The summed E-state index contributed by atoms with van der Waals surface area (Å²) in [5.74, 6) is 0.630. The molecule has 5 nitrogen and oxygen atoms in total. The highest BCUT2D eigenvalue weighted by Crippen LogP contribution is 2.35. The average molecular weight is 557 g/mol. The van der Waals surface area contributed by atoms with E-state index in [0.29, 0.717) is 11.1 Å². The smallest absolute Gasteiger partial charge is 0.486 e. The second kappa shape index (κ2) is 11.0. The van der Waals surface area contributed by atoms with E-state index < -0.39 is 21.0 Å². The Hall–Kier alpha value is -2.59. The number of carbonyl (C=O) groups is 1. The minimum atomic E-state index is -5.71. The Kier molecular flexibility index (Phi) is 8.64. The van der Waals surface area contributed by atoms with Crippen molar-refractivity contribution in [2.75, 3.05) is 6.61 Å². The average Bonchev–Trinajstić information content (AvgIpc) is 3.19. The highest BCUT2D eigenvalue weighted by atomic mass is 32.2. The first-order chi connectivity index (χ1) is 17.1. The fraction of sp³-hybridized carbons (Fsp3) is 0.444. The zero-order valence-electron chi connectivity index (χ0n) is 21.4. The lowest BCUT2D eigenvalue weighted by atomic mass is 9.90. The number of hydrogen-bond donors (Lipinski definition) is 0. The van der Waals surface area contributed by atoms with Crippen LogP contribution in [0.4, 0.5) is 13.2 Å². The minimum absolute atomic E-state index is 0.0295. The van der Waals surface area contributed by atoms with E-state index in [1.165, 1.54) is 29.0 Å². The molecule has 1 heterocycles. The van der Waals surface area contributed by atoms with E-state index in [-0.39, 0.29) is 24.1 Å². The van der Waals surface area contributed by atoms with Crippen LogP contribution in [0.3, 0.4) is 0 Å². The number of ketones is 1. The van der Waals surface area contributed by atoms with Crippen LogP contribution in [0.1, 0.15) is 62.5 Å². The van der Waals surface area contributed by atoms with E-state index in [1.807, 2.05) is 45.9 Å². The maximum atomic E-state index is 12.6. The van der Waals surface area contributed by atoms with Gasteiger partial charge in [0.25, 0.3) is 0 Å². The highest BCUT2D eigenvalue weighted by Gasteiger charge is 2.48. The number of thiophene rings is 1. The molecule has 1 aromatic heterocycles. The molecular weight excluding hydrogens is 525 g/mol. The van der Waals surface area contributed by atoms with Crippen molar-refractivity contribution in [2.45, 2.75) is 65.3 Å². The van der Waals surface area contributed by atoms with E-state index in [9.17, 15) is 26.4 Å². The molecule has 0 saturated carbocycles. The molecule has 0 N–H and O–H groups in total. The standard InChI is InChI=1S/C27H31F3O5S2/c1-6-18(19-8-11-23(17(2)13-19)34-16-25(31)26(3,4)5)7-10-22-15-20-14-21(9-12-24(20)36-22)35-37(32,33)27(28,29)30/h8-9,11-15,18H,6-7,10,16H2,1-5H3. The van der Waals surface area contributed by atoms with Gasteiger partial charge in [-0.25, -0.2) is 0 Å². The number of benzene rings is 2. The number of hydrogen-bond acceptors (Lipinski definition) is 6. The molecule has 10 heteroatoms. The van der Waals surface area contributed by atoms with Crippen molar-refractivity contribution >= 4 is 37.3 Å². The summed E-state index contributed by atoms with van der Waals surface area (Å²) in [6.07, 6.45) is 2.53. The van der Waals surface area contributed by atoms with Crippen molar-refractivity contribution < 1.29 is 35.3 Å². The molecule has 0 aliphatic heterocycles. The maximum absolute atomic E-state index is 12.6. The zero-order chi connectivity index (χ0) is 27.6. The van der Waals surface area contributed by atoms with Crippen LogP contribution in [0.15, 0.2) is 42.5 Å². The third kappa shape index (κ3) is 7.25. The molecule has 3 aromatic rings. The number of halogens is 3. The summed E-state index contributed by atoms with van der Waals surface area (Å²) < 4.78 is 71.3. The number of aryl methyl sites for hydroxylation is 2. The maximum Gasteiger partial charge on any atom is 0.534 e. The predicted molar refractivity (Wildman–Crippen MR) is 140 cm³/mol. The van der Waals surface area contributed by atoms with Crippen LogP contribution in [0.25, 0.3) is 10.1 Å². The van der Waals surface area contributed by atoms with Crippen LogP contribution < -0.4 is 8.92 Å². The molecule has 0 bridgehead atoms. The Bertz CT molecular complexity index is 1370. The van der Waals surface area contributed by atoms with Gasteiger partial charge in [-0.15, -0.1) is 11.3 Å². The Labute approximate surface area is 219 Å². The van der Waals surface area contributed by atoms with Crippen molar-refractivity contribution in [3.8, 4) is 11.5 Å². The third-order valence-electron chi connectivity index (χ3n) is 6.13. The van der Waals surface area contributed by atoms with Crippen LogP contribution in [0.2, 0.25) is 0 Å². The molecule has 0 radical (unpaired) electrons. The molecule has 3 rings (SSSR count). The molecule has 2 aromatic carbocycles. The molecule has 37 heavy (non-hydrogen) atoms. The summed E-state index contributed by atoms with van der Waals surface area (Å²) in [6.45, 7) is 9.69. The Morgan fingerprint density at radius 3 is 2.35 bits per heavy atom. The molecule has 0 aliphatic rings. The number of ether oxygens (including phenoxy) is 1. The summed E-state index contributed by atoms with van der Waals surface area (Å²) in [5, 5.41) is 0.630. The topological polar surface area (TPSA) is 69.7 Å². The minimum Gasteiger partial charge on any atom is -0.486 e. The first kappa shape index (κ1) is 29.0. The van der Waals surface area contributed by atoms with Crippen molar-refractivity contribution in [1.82, 2.24) is 0 Å². The van der Waals surface area contributed by atoms with E-state index in [1.54, 1.807) is 6.07 Å². The summed E-state index contributed by atoms with van der Waals surface area (Å²) >= 11 is 1.51. The quantitative estimate of drug-likeness (QED) is 0.190. The predicted octanol–water partition coefficient (Wildman–Crippen LogP) is 7.56. The van der Waals surface area contributed by atoms with Crippen molar-refractivity contribution in [1.29, 1.82) is 0 Å². The Morgan fingerprint density at radius 2 is 1.76 bits per heavy atom. The van der Waals surface area contributed by atoms with Gasteiger partial charge in [-0.1, -0.05) is 39.8 Å². The second-order valence-electron chi connectivity index (χ2n) is 10.0. The van der Waals surface area contributed by atoms with Gasteiger partial charge in [0.2, 0.25) is 0 Å². The highest BCUT2D eigenvalue weighted by molar-refractivity contribution is 7.88. The van der Waals surface area contributed by atoms with Gasteiger partial charge in [-0.2, -0.15) is 21.6 Å². The molecule has 0 spiro atoms. The second-order valence-corrected chi connectivity index (χ2v) is 12.7. The summed E-state index contributed by atoms with van der Waals surface area (Å²) in [5.41, 5.74) is -3.81. The molecule has 1 atom stereocenters. The first-order valence-electron chi connectivity index (χ1n) is 11.9. The van der Waals surface area contributed by atoms with E-state index in [2.05, 4.69) is 17.2 Å². The van der Waals surface area contributed by atoms with Gasteiger partial charge >= 0.3 is 15.6 Å². The lowest BCUT2D eigenvalue weighted by molar-refractivity contribution is -0.128. The SMILES string of the molecule is CCC(CCc1cc2cc(OS(=O)(=O)C(F)(F)F)ccc2s1)c1ccc(OCC(=O)C(C)(C)C)c(C)c1. The van der Waals surface area contributed by atoms with Crippen LogP contribution in [-0.4, -0.2) is 26.3 Å². The van der Waals surface area contributed by atoms with Crippen molar-refractivity contribution in [3.05, 3.63) is 58.5 Å². The van der Waals surface area contributed by atoms with Gasteiger partial charge in [0.15, 0.2) is 5.78 Å². The summed E-state index contributed by atoms with van der Waals surface area (Å²) in [6, 6.07) is 12.0. The molecule has 0 fully saturated rings. The Balaban J connectivity index is 1.67. The summed E-state index contributed by atoms with van der Waals surface area (Å²) in [4.78, 5) is 13.2. The number of Topliss-reactive ketones (excluding diaryl/α,β-unsaturated/α-hetero) is 1. The molecule has 202 valence electrons. The van der Waals surface area contributed by atoms with Crippen LogP contribution in [0.5, 0.6) is 11.5 Å². The molecule has 0 saturated heterocycles. The van der Waals surface area contributed by atoms with Crippen LogP contribution >= 0.6 is 11.3 Å². The van der Waals surface area contributed by atoms with E-state index >= 15 is 0 Å². The number of rotatable bonds is 10. The zero-order valence-corrected chi connectivity index (χ0v) is 23.1. The molecule has 1 unspecified atom stereocenters. The van der Waals surface area contributed by atoms with Gasteiger partial charge in [-0.3, -0.25) is 4.79 Å². The van der Waals surface area contributed by atoms with Gasteiger partial charge in [0.05, 0.1) is 0 Å². The fourth-order valence-electron chi connectivity index (χ4n) is 3.80. The monoisotopic (exact) mass is 556 g/mol. The van der Waals surface area contributed by atoms with Crippen molar-refractivity contribution in [2.24, 2.45) is 5.41 Å². The van der Waals surface area contributed by atoms with Gasteiger partial charge in [-0.05, 0) is 78.9 Å². The molecule has 0 amide bonds. The lowest BCUT2D eigenvalue weighted by Gasteiger charge is -2.19. The lowest BCUT2D eigenvalue weighted by Crippen LogP contribution is -2.27. The molecular formula is C27H31F3O5S2. The Morgan fingerprint density at radius 1 is 1.05 bits per heavy atom. The fourth-order valence-corrected chi connectivity index (χ4v) is 5.31. The first-order valence-corrected chi connectivity index (χ1v) is 14.1. The molecule has 0 aliphatic carbocycles. The van der Waals surface area contributed by atoms with Crippen LogP contribution in [-0.2, 0) is 21.3 Å². The van der Waals surface area contributed by atoms with Gasteiger partial charge < -0.3 is 8.92 Å². The van der Waals surface area contributed by atoms with E-state index in [0.717, 1.165) is 34.4 Å². The van der Waals surface area contributed by atoms with E-state index in [4.69, 9.17) is 4.74 Å². The summed E-state index contributed by atoms with van der Waals surface area (Å²) in [7, 11) is -5.71. The number of carbonyl (C=O) groups excluding carboxylic acids is 1. The van der Waals surface area contributed by atoms with Gasteiger partial charge in [0, 0.05) is 15.0 Å². The normalized spacial score (nSPS) is 13.5. The van der Waals surface area contributed by atoms with Crippen LogP contribution in [0, 0.1) is 12.3 Å².